The molecule has 1 N–H and O–H groups in total. The van der Waals surface area contributed by atoms with E-state index in [1.54, 1.807) is 0 Å². The van der Waals surface area contributed by atoms with Gasteiger partial charge in [0.25, 0.3) is 0 Å². The van der Waals surface area contributed by atoms with Gasteiger partial charge in [-0.15, -0.1) is 0 Å². The van der Waals surface area contributed by atoms with Crippen molar-refractivity contribution in [2.24, 2.45) is 0 Å². The van der Waals surface area contributed by atoms with Crippen molar-refractivity contribution in [3.05, 3.63) is 0 Å². The summed E-state index contributed by atoms with van der Waals surface area (Å²) >= 11 is 0. The molecule has 0 spiro atoms. The molecule has 0 aromatic carbocycles. The largest absolute Gasteiger partial charge is 0.469 e. The minimum Gasteiger partial charge on any atom is -0.469 e. The number of aliphatic hydroxyl groups is 1. The maximum Gasteiger partial charge on any atom is 0.305 e. The molecule has 0 bridgehead atoms. The molecule has 0 aliphatic rings. The summed E-state index contributed by atoms with van der Waals surface area (Å²) in [4.78, 5) is 11.0. The fraction of sp³-hybridized carbons (Fsp3) is 0.933. The van der Waals surface area contributed by atoms with E-state index < -0.39 is 5.60 Å². The normalized spacial score (nSPS) is 11.6. The van der Waals surface area contributed by atoms with E-state index >= 15 is 0 Å². The molecule has 0 aromatic rings. The van der Waals surface area contributed by atoms with Gasteiger partial charge in [-0.3, -0.25) is 4.79 Å². The van der Waals surface area contributed by atoms with E-state index in [9.17, 15) is 9.90 Å². The maximum absolute atomic E-state index is 11.0. The Labute approximate surface area is 112 Å². The molecule has 108 valence electrons. The molecule has 0 unspecified atom stereocenters. The van der Waals surface area contributed by atoms with Crippen LogP contribution in [-0.4, -0.2) is 23.8 Å². The van der Waals surface area contributed by atoms with Crippen LogP contribution in [0.25, 0.3) is 0 Å². The second-order valence-corrected chi connectivity index (χ2v) is 5.21. The predicted octanol–water partition coefficient (Wildman–Crippen LogP) is 3.83. The van der Waals surface area contributed by atoms with E-state index in [0.29, 0.717) is 6.42 Å². The fourth-order valence-electron chi connectivity index (χ4n) is 2.21. The fourth-order valence-corrected chi connectivity index (χ4v) is 2.21. The topological polar surface area (TPSA) is 46.5 Å². The van der Waals surface area contributed by atoms with Crippen LogP contribution in [0.2, 0.25) is 0 Å². The molecule has 0 fully saturated rings. The highest BCUT2D eigenvalue weighted by Crippen LogP contribution is 2.27. The van der Waals surface area contributed by atoms with Gasteiger partial charge in [-0.25, -0.2) is 0 Å². The Morgan fingerprint density at radius 1 is 1.00 bits per heavy atom. The molecule has 0 aliphatic heterocycles. The number of esters is 1. The summed E-state index contributed by atoms with van der Waals surface area (Å²) < 4.78 is 4.61. The van der Waals surface area contributed by atoms with E-state index in [-0.39, 0.29) is 5.97 Å². The number of methoxy groups -OCH3 is 1. The van der Waals surface area contributed by atoms with Gasteiger partial charge >= 0.3 is 5.97 Å². The van der Waals surface area contributed by atoms with Crippen molar-refractivity contribution < 1.29 is 14.6 Å². The van der Waals surface area contributed by atoms with Crippen molar-refractivity contribution in [1.29, 1.82) is 0 Å². The average Bonchev–Trinajstić information content (AvgIpc) is 2.39. The molecule has 3 nitrogen and oxygen atoms in total. The predicted molar refractivity (Wildman–Crippen MR) is 74.5 cm³/mol. The second kappa shape index (κ2) is 10.4. The zero-order valence-electron chi connectivity index (χ0n) is 12.3. The van der Waals surface area contributed by atoms with E-state index in [1.165, 1.54) is 7.11 Å². The van der Waals surface area contributed by atoms with Crippen LogP contribution in [0.1, 0.15) is 78.1 Å². The summed E-state index contributed by atoms with van der Waals surface area (Å²) in [6.07, 6.45) is 9.18. The van der Waals surface area contributed by atoms with Crippen molar-refractivity contribution in [3.63, 3.8) is 0 Å². The molecule has 0 heterocycles. The van der Waals surface area contributed by atoms with Crippen LogP contribution in [0, 0.1) is 0 Å². The number of unbranched alkanes of at least 4 members (excludes halogenated alkanes) is 3. The smallest absolute Gasteiger partial charge is 0.305 e. The Morgan fingerprint density at radius 3 is 1.94 bits per heavy atom. The highest BCUT2D eigenvalue weighted by molar-refractivity contribution is 5.68. The van der Waals surface area contributed by atoms with Gasteiger partial charge in [0.1, 0.15) is 0 Å². The van der Waals surface area contributed by atoms with E-state index in [1.807, 2.05) is 0 Å². The van der Waals surface area contributed by atoms with Crippen LogP contribution >= 0.6 is 0 Å². The zero-order valence-corrected chi connectivity index (χ0v) is 12.3. The Balaban J connectivity index is 3.95. The first-order valence-corrected chi connectivity index (χ1v) is 7.37. The van der Waals surface area contributed by atoms with Crippen molar-refractivity contribution in [1.82, 2.24) is 0 Å². The maximum atomic E-state index is 11.0. The quantitative estimate of drug-likeness (QED) is 0.452. The first-order valence-electron chi connectivity index (χ1n) is 7.37. The van der Waals surface area contributed by atoms with Crippen LogP contribution in [0.15, 0.2) is 0 Å². The molecule has 0 saturated heterocycles. The number of hydrogen-bond acceptors (Lipinski definition) is 3. The Bertz CT molecular complexity index is 206. The Kier molecular flexibility index (Phi) is 10.0. The molecule has 18 heavy (non-hydrogen) atoms. The summed E-state index contributed by atoms with van der Waals surface area (Å²) in [5.74, 6) is -0.152. The molecular formula is C15H30O3. The lowest BCUT2D eigenvalue weighted by Crippen LogP contribution is -2.28. The standard InChI is InChI=1S/C15H30O3/c1-4-6-11-15(17,12-7-5-2)13-9-8-10-14(16)18-3/h17H,4-13H2,1-3H3. The third-order valence-electron chi connectivity index (χ3n) is 3.49. The van der Waals surface area contributed by atoms with Crippen molar-refractivity contribution in [2.45, 2.75) is 83.7 Å². The molecule has 0 atom stereocenters. The first kappa shape index (κ1) is 17.4. The minimum atomic E-state index is -0.512. The summed E-state index contributed by atoms with van der Waals surface area (Å²) in [6, 6.07) is 0. The van der Waals surface area contributed by atoms with Gasteiger partial charge in [0.2, 0.25) is 0 Å². The van der Waals surface area contributed by atoms with Crippen molar-refractivity contribution in [3.8, 4) is 0 Å². The van der Waals surface area contributed by atoms with Gasteiger partial charge in [-0.05, 0) is 25.7 Å². The van der Waals surface area contributed by atoms with Crippen molar-refractivity contribution in [2.75, 3.05) is 7.11 Å². The lowest BCUT2D eigenvalue weighted by molar-refractivity contribution is -0.140. The van der Waals surface area contributed by atoms with Crippen LogP contribution in [0.4, 0.5) is 0 Å². The molecule has 0 amide bonds. The third-order valence-corrected chi connectivity index (χ3v) is 3.49. The van der Waals surface area contributed by atoms with Crippen LogP contribution in [0.3, 0.4) is 0 Å². The molecule has 0 radical (unpaired) electrons. The third kappa shape index (κ3) is 8.51. The van der Waals surface area contributed by atoms with E-state index in [0.717, 1.165) is 57.8 Å². The molecule has 0 saturated carbocycles. The summed E-state index contributed by atoms with van der Waals surface area (Å²) in [5, 5.41) is 10.6. The van der Waals surface area contributed by atoms with E-state index in [2.05, 4.69) is 18.6 Å². The van der Waals surface area contributed by atoms with Gasteiger partial charge in [0.15, 0.2) is 0 Å². The van der Waals surface area contributed by atoms with Gasteiger partial charge in [-0.1, -0.05) is 46.0 Å². The highest BCUT2D eigenvalue weighted by atomic mass is 16.5. The SMILES string of the molecule is CCCCC(O)(CCCC)CCCCC(=O)OC. The minimum absolute atomic E-state index is 0.152. The van der Waals surface area contributed by atoms with Gasteiger partial charge in [0, 0.05) is 6.42 Å². The molecule has 0 aliphatic carbocycles. The average molecular weight is 258 g/mol. The first-order chi connectivity index (χ1) is 8.58. The number of hydrogen-bond donors (Lipinski definition) is 1. The van der Waals surface area contributed by atoms with Crippen LogP contribution in [0.5, 0.6) is 0 Å². The Morgan fingerprint density at radius 2 is 1.50 bits per heavy atom. The number of carbonyl (C=O) groups is 1. The van der Waals surface area contributed by atoms with Crippen molar-refractivity contribution >= 4 is 5.97 Å². The lowest BCUT2D eigenvalue weighted by atomic mass is 9.86. The monoisotopic (exact) mass is 258 g/mol. The van der Waals surface area contributed by atoms with Gasteiger partial charge < -0.3 is 9.84 Å². The van der Waals surface area contributed by atoms with Crippen LogP contribution in [-0.2, 0) is 9.53 Å². The number of ether oxygens (including phenoxy) is 1. The highest BCUT2D eigenvalue weighted by Gasteiger charge is 2.24. The summed E-state index contributed by atoms with van der Waals surface area (Å²) in [6.45, 7) is 4.30. The van der Waals surface area contributed by atoms with Gasteiger partial charge in [0.05, 0.1) is 12.7 Å². The zero-order chi connectivity index (χ0) is 13.9. The molecule has 0 rings (SSSR count). The molecule has 0 aromatic heterocycles. The van der Waals surface area contributed by atoms with E-state index in [4.69, 9.17) is 0 Å². The Hall–Kier alpha value is -0.570. The summed E-state index contributed by atoms with van der Waals surface area (Å²) in [7, 11) is 1.42. The van der Waals surface area contributed by atoms with Gasteiger partial charge in [-0.2, -0.15) is 0 Å². The number of carbonyl (C=O) groups excluding carboxylic acids is 1. The van der Waals surface area contributed by atoms with Crippen LogP contribution < -0.4 is 0 Å². The summed E-state index contributed by atoms with van der Waals surface area (Å²) in [5.41, 5.74) is -0.512. The second-order valence-electron chi connectivity index (χ2n) is 5.21. The number of rotatable bonds is 11. The molecular weight excluding hydrogens is 228 g/mol. The lowest BCUT2D eigenvalue weighted by Gasteiger charge is -2.28. The molecule has 3 heteroatoms.